The molecule has 0 radical (unpaired) electrons. The summed E-state index contributed by atoms with van der Waals surface area (Å²) in [5.74, 6) is -8.84. The Morgan fingerprint density at radius 1 is 0.444 bits per heavy atom. The van der Waals surface area contributed by atoms with Crippen LogP contribution in [0.25, 0.3) is 0 Å². The van der Waals surface area contributed by atoms with Gasteiger partial charge >= 0.3 is 42.0 Å². The van der Waals surface area contributed by atoms with Crippen molar-refractivity contribution in [1.29, 1.82) is 0 Å². The topological polar surface area (TPSA) is 0 Å². The standard InChI is InChI=1S/C9F18/c10-2(11)1(4(13,14)15)3(12,7(19,20)21)6(17,18)5(16,8(22,23)24)9(25,26)27. The van der Waals surface area contributed by atoms with E-state index in [1.165, 1.54) is 0 Å². The largest absolute Gasteiger partial charge is 0.437 e. The van der Waals surface area contributed by atoms with E-state index < -0.39 is 53.6 Å². The van der Waals surface area contributed by atoms with Gasteiger partial charge in [0.25, 0.3) is 6.08 Å². The van der Waals surface area contributed by atoms with Gasteiger partial charge in [-0.1, -0.05) is 0 Å². The molecule has 0 heterocycles. The highest BCUT2D eigenvalue weighted by molar-refractivity contribution is 5.34. The molecule has 0 aliphatic heterocycles. The minimum atomic E-state index is -8.84. The van der Waals surface area contributed by atoms with Gasteiger partial charge in [-0.2, -0.15) is 70.2 Å². The van der Waals surface area contributed by atoms with Crippen molar-refractivity contribution in [2.24, 2.45) is 0 Å². The van der Waals surface area contributed by atoms with E-state index in [9.17, 15) is 79.0 Å². The molecular formula is C9F18. The molecule has 0 nitrogen and oxygen atoms in total. The average Bonchev–Trinajstić information content (AvgIpc) is 2.30. The summed E-state index contributed by atoms with van der Waals surface area (Å²) in [5.41, 5.74) is -22.6. The number of hydrogen-bond donors (Lipinski definition) is 0. The first-order chi connectivity index (χ1) is 11.3. The Kier molecular flexibility index (Phi) is 5.90. The first kappa shape index (κ1) is 25.5. The first-order valence-corrected chi connectivity index (χ1v) is 5.40. The molecule has 0 saturated heterocycles. The third-order valence-electron chi connectivity index (χ3n) is 2.85. The zero-order chi connectivity index (χ0) is 22.7. The van der Waals surface area contributed by atoms with Crippen LogP contribution in [0.5, 0.6) is 0 Å². The molecule has 0 spiro atoms. The fraction of sp³-hybridized carbons (Fsp3) is 0.778. The van der Waals surface area contributed by atoms with Gasteiger partial charge in [0.1, 0.15) is 0 Å². The molecule has 0 aliphatic carbocycles. The van der Waals surface area contributed by atoms with E-state index in [-0.39, 0.29) is 0 Å². The SMILES string of the molecule is FC(F)=C(C(F)(F)F)C(F)(C(F)(F)F)C(F)(F)C(F)(C(F)(F)F)C(F)(F)F. The summed E-state index contributed by atoms with van der Waals surface area (Å²) in [4.78, 5) is 0. The third kappa shape index (κ3) is 3.50. The van der Waals surface area contributed by atoms with E-state index in [0.717, 1.165) is 0 Å². The molecule has 0 aromatic carbocycles. The van der Waals surface area contributed by atoms with Gasteiger partial charge in [0, 0.05) is 0 Å². The molecule has 0 aliphatic rings. The van der Waals surface area contributed by atoms with E-state index in [0.29, 0.717) is 0 Å². The van der Waals surface area contributed by atoms with Crippen molar-refractivity contribution < 1.29 is 79.0 Å². The molecule has 18 heteroatoms. The number of rotatable bonds is 3. The molecule has 0 fully saturated rings. The van der Waals surface area contributed by atoms with Gasteiger partial charge in [-0.15, -0.1) is 0 Å². The quantitative estimate of drug-likeness (QED) is 0.435. The molecule has 1 unspecified atom stereocenters. The molecule has 162 valence electrons. The van der Waals surface area contributed by atoms with E-state index in [4.69, 9.17) is 0 Å². The maximum Gasteiger partial charge on any atom is 0.437 e. The van der Waals surface area contributed by atoms with Crippen molar-refractivity contribution in [1.82, 2.24) is 0 Å². The van der Waals surface area contributed by atoms with Crippen LogP contribution in [0.2, 0.25) is 0 Å². The van der Waals surface area contributed by atoms with Gasteiger partial charge < -0.3 is 0 Å². The molecule has 1 atom stereocenters. The van der Waals surface area contributed by atoms with Gasteiger partial charge in [-0.05, 0) is 0 Å². The molecule has 27 heavy (non-hydrogen) atoms. The number of allylic oxidation sites excluding steroid dienone is 1. The molecule has 0 bridgehead atoms. The normalized spacial score (nSPS) is 17.6. The lowest BCUT2D eigenvalue weighted by atomic mass is 9.78. The molecule has 0 saturated carbocycles. The van der Waals surface area contributed by atoms with Gasteiger partial charge in [0.05, 0.1) is 0 Å². The second-order valence-electron chi connectivity index (χ2n) is 4.52. The second kappa shape index (κ2) is 6.25. The van der Waals surface area contributed by atoms with Crippen molar-refractivity contribution in [3.05, 3.63) is 11.7 Å². The summed E-state index contributed by atoms with van der Waals surface area (Å²) in [6.45, 7) is 0. The van der Waals surface area contributed by atoms with Crippen molar-refractivity contribution in [2.75, 3.05) is 0 Å². The third-order valence-corrected chi connectivity index (χ3v) is 2.85. The Bertz CT molecular complexity index is 562. The summed E-state index contributed by atoms with van der Waals surface area (Å²) >= 11 is 0. The van der Waals surface area contributed by atoms with E-state index in [1.807, 2.05) is 0 Å². The van der Waals surface area contributed by atoms with Crippen LogP contribution in [-0.4, -0.2) is 42.0 Å². The van der Waals surface area contributed by atoms with Crippen LogP contribution < -0.4 is 0 Å². The average molecular weight is 450 g/mol. The molecule has 0 aromatic heterocycles. The predicted molar refractivity (Wildman–Crippen MR) is 46.1 cm³/mol. The highest BCUT2D eigenvalue weighted by atomic mass is 19.4. The zero-order valence-electron chi connectivity index (χ0n) is 11.3. The van der Waals surface area contributed by atoms with Crippen LogP contribution in [0.3, 0.4) is 0 Å². The molecular weight excluding hydrogens is 450 g/mol. The first-order valence-electron chi connectivity index (χ1n) is 5.40. The minimum Gasteiger partial charge on any atom is -0.221 e. The lowest BCUT2D eigenvalue weighted by Gasteiger charge is -2.44. The van der Waals surface area contributed by atoms with Crippen LogP contribution in [-0.2, 0) is 0 Å². The Morgan fingerprint density at radius 3 is 0.889 bits per heavy atom. The minimum absolute atomic E-state index is 5.12. The van der Waals surface area contributed by atoms with Gasteiger partial charge in [0.15, 0.2) is 5.57 Å². The molecule has 0 aromatic rings. The second-order valence-corrected chi connectivity index (χ2v) is 4.52. The van der Waals surface area contributed by atoms with Crippen molar-refractivity contribution in [3.63, 3.8) is 0 Å². The Morgan fingerprint density at radius 2 is 0.741 bits per heavy atom. The number of alkyl halides is 16. The molecule has 0 amide bonds. The van der Waals surface area contributed by atoms with E-state index in [2.05, 4.69) is 0 Å². The van der Waals surface area contributed by atoms with Crippen LogP contribution in [0.15, 0.2) is 11.7 Å². The van der Waals surface area contributed by atoms with Crippen molar-refractivity contribution >= 4 is 0 Å². The van der Waals surface area contributed by atoms with Crippen molar-refractivity contribution in [2.45, 2.75) is 42.0 Å². The summed E-state index contributed by atoms with van der Waals surface area (Å²) < 4.78 is 225. The molecule has 0 rings (SSSR count). The lowest BCUT2D eigenvalue weighted by molar-refractivity contribution is -0.433. The van der Waals surface area contributed by atoms with Gasteiger partial charge in [-0.3, -0.25) is 0 Å². The highest BCUT2D eigenvalue weighted by Crippen LogP contribution is 2.65. The van der Waals surface area contributed by atoms with Crippen LogP contribution >= 0.6 is 0 Å². The lowest BCUT2D eigenvalue weighted by Crippen LogP contribution is -2.75. The van der Waals surface area contributed by atoms with Crippen LogP contribution in [0.4, 0.5) is 79.0 Å². The summed E-state index contributed by atoms with van der Waals surface area (Å²) in [5, 5.41) is 0. The van der Waals surface area contributed by atoms with Crippen molar-refractivity contribution in [3.8, 4) is 0 Å². The summed E-state index contributed by atoms with van der Waals surface area (Å²) in [6, 6.07) is 0. The highest BCUT2D eigenvalue weighted by Gasteiger charge is 2.95. The summed E-state index contributed by atoms with van der Waals surface area (Å²) in [7, 11) is 0. The van der Waals surface area contributed by atoms with Crippen LogP contribution in [0, 0.1) is 0 Å². The Hall–Kier alpha value is -1.52. The summed E-state index contributed by atoms with van der Waals surface area (Å²) in [6.07, 6.45) is -37.4. The number of halogens is 18. The Labute approximate surface area is 134 Å². The number of hydrogen-bond acceptors (Lipinski definition) is 0. The maximum atomic E-state index is 13.7. The van der Waals surface area contributed by atoms with Crippen LogP contribution in [0.1, 0.15) is 0 Å². The molecule has 0 N–H and O–H groups in total. The fourth-order valence-electron chi connectivity index (χ4n) is 1.66. The zero-order valence-corrected chi connectivity index (χ0v) is 11.3. The Balaban J connectivity index is 7.52. The van der Waals surface area contributed by atoms with Gasteiger partial charge in [-0.25, -0.2) is 8.78 Å². The maximum absolute atomic E-state index is 13.7. The van der Waals surface area contributed by atoms with E-state index >= 15 is 0 Å². The monoisotopic (exact) mass is 450 g/mol. The fourth-order valence-corrected chi connectivity index (χ4v) is 1.66. The van der Waals surface area contributed by atoms with Gasteiger partial charge in [0.2, 0.25) is 0 Å². The van der Waals surface area contributed by atoms with E-state index in [1.54, 1.807) is 0 Å². The predicted octanol–water partition coefficient (Wildman–Crippen LogP) is 6.44. The smallest absolute Gasteiger partial charge is 0.221 e.